The quantitative estimate of drug-likeness (QED) is 0.368. The lowest BCUT2D eigenvalue weighted by molar-refractivity contribution is 0.103. The molecule has 0 atom stereocenters. The molecule has 0 aliphatic heterocycles. The van der Waals surface area contributed by atoms with Gasteiger partial charge in [0.2, 0.25) is 0 Å². The van der Waals surface area contributed by atoms with Crippen molar-refractivity contribution in [2.24, 2.45) is 16.7 Å². The molecule has 1 saturated carbocycles. The van der Waals surface area contributed by atoms with Gasteiger partial charge >= 0.3 is 0 Å². The average molecular weight is 449 g/mol. The van der Waals surface area contributed by atoms with Gasteiger partial charge in [0.15, 0.2) is 0 Å². The molecule has 0 N–H and O–H groups in total. The van der Waals surface area contributed by atoms with Crippen LogP contribution in [0.3, 0.4) is 0 Å². The van der Waals surface area contributed by atoms with E-state index < -0.39 is 0 Å². The summed E-state index contributed by atoms with van der Waals surface area (Å²) in [7, 11) is 0. The van der Waals surface area contributed by atoms with Gasteiger partial charge in [-0.3, -0.25) is 0 Å². The highest BCUT2D eigenvalue weighted by Crippen LogP contribution is 2.47. The molecule has 0 amide bonds. The van der Waals surface area contributed by atoms with Gasteiger partial charge < -0.3 is 0 Å². The standard InChI is InChI=1S/C18H26BrI/c1-17(2,3)15-8-10-18(13-19,11-9-15)12-14-4-6-16(20)7-5-14/h4-7,15H,8-13H2,1-3H3. The van der Waals surface area contributed by atoms with Crippen molar-refractivity contribution in [2.75, 3.05) is 5.33 Å². The van der Waals surface area contributed by atoms with Crippen LogP contribution in [0.1, 0.15) is 52.0 Å². The molecule has 0 radical (unpaired) electrons. The van der Waals surface area contributed by atoms with Crippen molar-refractivity contribution in [1.82, 2.24) is 0 Å². The monoisotopic (exact) mass is 448 g/mol. The molecular weight excluding hydrogens is 423 g/mol. The summed E-state index contributed by atoms with van der Waals surface area (Å²) in [5.41, 5.74) is 2.45. The topological polar surface area (TPSA) is 0 Å². The fraction of sp³-hybridized carbons (Fsp3) is 0.667. The molecule has 0 nitrogen and oxygen atoms in total. The second kappa shape index (κ2) is 6.68. The largest absolute Gasteiger partial charge is 0.0922 e. The molecule has 0 aromatic heterocycles. The zero-order chi connectivity index (χ0) is 14.8. The minimum atomic E-state index is 0.474. The van der Waals surface area contributed by atoms with Crippen LogP contribution in [0, 0.1) is 20.3 Å². The molecule has 1 aromatic carbocycles. The van der Waals surface area contributed by atoms with E-state index in [0.29, 0.717) is 10.8 Å². The Morgan fingerprint density at radius 3 is 2.15 bits per heavy atom. The first-order valence-electron chi connectivity index (χ1n) is 7.65. The van der Waals surface area contributed by atoms with Crippen LogP contribution >= 0.6 is 38.5 Å². The summed E-state index contributed by atoms with van der Waals surface area (Å²) in [5, 5.41) is 1.14. The average Bonchev–Trinajstić information content (AvgIpc) is 2.41. The molecule has 0 unspecified atom stereocenters. The molecular formula is C18H26BrI. The van der Waals surface area contributed by atoms with Crippen LogP contribution < -0.4 is 0 Å². The van der Waals surface area contributed by atoms with E-state index in [2.05, 4.69) is 83.6 Å². The van der Waals surface area contributed by atoms with Crippen LogP contribution in [0.5, 0.6) is 0 Å². The van der Waals surface area contributed by atoms with Crippen molar-refractivity contribution >= 4 is 38.5 Å². The maximum absolute atomic E-state index is 3.81. The van der Waals surface area contributed by atoms with Crippen molar-refractivity contribution < 1.29 is 0 Å². The van der Waals surface area contributed by atoms with Crippen LogP contribution in [0.25, 0.3) is 0 Å². The summed E-state index contributed by atoms with van der Waals surface area (Å²) in [6, 6.07) is 9.08. The molecule has 1 fully saturated rings. The number of alkyl halides is 1. The fourth-order valence-electron chi connectivity index (χ4n) is 3.49. The summed E-state index contributed by atoms with van der Waals surface area (Å²) in [5.74, 6) is 0.895. The summed E-state index contributed by atoms with van der Waals surface area (Å²) in [6.07, 6.45) is 6.74. The number of hydrogen-bond donors (Lipinski definition) is 0. The number of hydrogen-bond acceptors (Lipinski definition) is 0. The second-order valence-corrected chi connectivity index (χ2v) is 9.38. The lowest BCUT2D eigenvalue weighted by Crippen LogP contribution is -2.35. The highest BCUT2D eigenvalue weighted by atomic mass is 127. The molecule has 20 heavy (non-hydrogen) atoms. The summed E-state index contributed by atoms with van der Waals surface area (Å²) < 4.78 is 1.33. The molecule has 0 spiro atoms. The van der Waals surface area contributed by atoms with Gasteiger partial charge in [-0.1, -0.05) is 48.8 Å². The van der Waals surface area contributed by atoms with E-state index in [1.165, 1.54) is 41.2 Å². The predicted octanol–water partition coefficient (Wildman–Crippen LogP) is 6.45. The molecule has 0 saturated heterocycles. The van der Waals surface area contributed by atoms with Gasteiger partial charge in [0.05, 0.1) is 0 Å². The normalized spacial score (nSPS) is 27.6. The smallest absolute Gasteiger partial charge is 0.0130 e. The highest BCUT2D eigenvalue weighted by molar-refractivity contribution is 14.1. The van der Waals surface area contributed by atoms with Crippen LogP contribution in [0.15, 0.2) is 24.3 Å². The molecule has 112 valence electrons. The Morgan fingerprint density at radius 2 is 1.70 bits per heavy atom. The van der Waals surface area contributed by atoms with Crippen LogP contribution in [0.2, 0.25) is 0 Å². The number of benzene rings is 1. The van der Waals surface area contributed by atoms with Gasteiger partial charge in [-0.05, 0) is 89.1 Å². The van der Waals surface area contributed by atoms with Gasteiger partial charge in [0.1, 0.15) is 0 Å². The SMILES string of the molecule is CC(C)(C)C1CCC(CBr)(Cc2ccc(I)cc2)CC1. The Morgan fingerprint density at radius 1 is 1.15 bits per heavy atom. The second-order valence-electron chi connectivity index (χ2n) is 7.58. The lowest BCUT2D eigenvalue weighted by atomic mass is 9.63. The molecule has 1 aliphatic carbocycles. The zero-order valence-electron chi connectivity index (χ0n) is 12.9. The van der Waals surface area contributed by atoms with E-state index in [4.69, 9.17) is 0 Å². The van der Waals surface area contributed by atoms with Crippen LogP contribution in [0.4, 0.5) is 0 Å². The molecule has 1 aliphatic rings. The summed E-state index contributed by atoms with van der Waals surface area (Å²) >= 11 is 6.19. The first kappa shape index (κ1) is 16.8. The van der Waals surface area contributed by atoms with Gasteiger partial charge in [-0.15, -0.1) is 0 Å². The van der Waals surface area contributed by atoms with E-state index in [1.54, 1.807) is 0 Å². The molecule has 1 aromatic rings. The van der Waals surface area contributed by atoms with Gasteiger partial charge in [-0.2, -0.15) is 0 Å². The van der Waals surface area contributed by atoms with E-state index in [0.717, 1.165) is 11.2 Å². The first-order valence-corrected chi connectivity index (χ1v) is 9.85. The fourth-order valence-corrected chi connectivity index (χ4v) is 4.61. The first-order chi connectivity index (χ1) is 9.35. The van der Waals surface area contributed by atoms with Crippen molar-refractivity contribution in [3.8, 4) is 0 Å². The molecule has 0 bridgehead atoms. The van der Waals surface area contributed by atoms with Gasteiger partial charge in [0, 0.05) is 8.90 Å². The van der Waals surface area contributed by atoms with Crippen LogP contribution in [-0.2, 0) is 6.42 Å². The van der Waals surface area contributed by atoms with Crippen molar-refractivity contribution in [3.05, 3.63) is 33.4 Å². The van der Waals surface area contributed by atoms with Crippen molar-refractivity contribution in [3.63, 3.8) is 0 Å². The third-order valence-electron chi connectivity index (χ3n) is 5.05. The summed E-state index contributed by atoms with van der Waals surface area (Å²) in [6.45, 7) is 7.20. The lowest BCUT2D eigenvalue weighted by Gasteiger charge is -2.43. The van der Waals surface area contributed by atoms with E-state index >= 15 is 0 Å². The maximum atomic E-state index is 3.81. The van der Waals surface area contributed by atoms with Crippen LogP contribution in [-0.4, -0.2) is 5.33 Å². The maximum Gasteiger partial charge on any atom is 0.0130 e. The number of rotatable bonds is 3. The predicted molar refractivity (Wildman–Crippen MR) is 101 cm³/mol. The summed E-state index contributed by atoms with van der Waals surface area (Å²) in [4.78, 5) is 0. The van der Waals surface area contributed by atoms with E-state index in [-0.39, 0.29) is 0 Å². The third kappa shape index (κ3) is 4.22. The Bertz CT molecular complexity index is 422. The van der Waals surface area contributed by atoms with E-state index in [1.807, 2.05) is 0 Å². The Balaban J connectivity index is 2.03. The third-order valence-corrected chi connectivity index (χ3v) is 6.96. The Labute approximate surface area is 146 Å². The Hall–Kier alpha value is 0.430. The number of halogens is 2. The van der Waals surface area contributed by atoms with Gasteiger partial charge in [-0.25, -0.2) is 0 Å². The molecule has 2 rings (SSSR count). The van der Waals surface area contributed by atoms with Crippen molar-refractivity contribution in [1.29, 1.82) is 0 Å². The minimum Gasteiger partial charge on any atom is -0.0922 e. The minimum absolute atomic E-state index is 0.474. The Kier molecular flexibility index (Phi) is 5.61. The zero-order valence-corrected chi connectivity index (χ0v) is 16.6. The molecule has 0 heterocycles. The highest BCUT2D eigenvalue weighted by Gasteiger charge is 2.38. The molecule has 2 heteroatoms. The van der Waals surface area contributed by atoms with E-state index in [9.17, 15) is 0 Å². The van der Waals surface area contributed by atoms with Crippen molar-refractivity contribution in [2.45, 2.75) is 52.9 Å². The van der Waals surface area contributed by atoms with Gasteiger partial charge in [0.25, 0.3) is 0 Å².